The Morgan fingerprint density at radius 1 is 1.38 bits per heavy atom. The van der Waals surface area contributed by atoms with E-state index in [9.17, 15) is 4.79 Å². The molecule has 5 heteroatoms. The zero-order valence-corrected chi connectivity index (χ0v) is 14.8. The highest BCUT2D eigenvalue weighted by Crippen LogP contribution is 2.24. The molecule has 122 valence electrons. The average Bonchev–Trinajstić information content (AvgIpc) is 2.46. The third-order valence-corrected chi connectivity index (χ3v) is 4.20. The van der Waals surface area contributed by atoms with Crippen molar-refractivity contribution >= 4 is 17.9 Å². The minimum atomic E-state index is 0.113. The van der Waals surface area contributed by atoms with E-state index in [2.05, 4.69) is 40.4 Å². The molecule has 1 amide bonds. The van der Waals surface area contributed by atoms with Crippen LogP contribution in [0.5, 0.6) is 0 Å². The molecule has 0 fully saturated rings. The number of methoxy groups -OCH3 is 1. The zero-order valence-electron chi connectivity index (χ0n) is 14.0. The van der Waals surface area contributed by atoms with E-state index in [0.717, 1.165) is 31.6 Å². The highest BCUT2D eigenvalue weighted by molar-refractivity contribution is 7.97. The van der Waals surface area contributed by atoms with Crippen LogP contribution in [0.3, 0.4) is 0 Å². The molecule has 21 heavy (non-hydrogen) atoms. The van der Waals surface area contributed by atoms with Gasteiger partial charge in [0, 0.05) is 44.7 Å². The predicted molar refractivity (Wildman–Crippen MR) is 92.1 cm³/mol. The lowest BCUT2D eigenvalue weighted by Gasteiger charge is -2.23. The smallest absolute Gasteiger partial charge is 0.224 e. The summed E-state index contributed by atoms with van der Waals surface area (Å²) in [6.45, 7) is 8.45. The van der Waals surface area contributed by atoms with Gasteiger partial charge in [0.25, 0.3) is 0 Å². The van der Waals surface area contributed by atoms with Crippen molar-refractivity contribution in [3.63, 3.8) is 0 Å². The number of hydrogen-bond donors (Lipinski definition) is 1. The molecule has 4 nitrogen and oxygen atoms in total. The van der Waals surface area contributed by atoms with Gasteiger partial charge in [-0.25, -0.2) is 0 Å². The molecule has 0 aromatic rings. The van der Waals surface area contributed by atoms with Crippen molar-refractivity contribution in [1.82, 2.24) is 9.62 Å². The Hall–Kier alpha value is -0.780. The summed E-state index contributed by atoms with van der Waals surface area (Å²) in [6.07, 6.45) is 8.83. The van der Waals surface area contributed by atoms with Crippen molar-refractivity contribution in [2.24, 2.45) is 0 Å². The van der Waals surface area contributed by atoms with Crippen LogP contribution in [0.1, 0.15) is 40.0 Å². The van der Waals surface area contributed by atoms with Gasteiger partial charge in [0.1, 0.15) is 0 Å². The molecule has 0 saturated heterocycles. The first-order chi connectivity index (χ1) is 10.1. The third-order valence-electron chi connectivity index (χ3n) is 2.78. The molecule has 0 radical (unpaired) electrons. The van der Waals surface area contributed by atoms with Crippen LogP contribution < -0.4 is 5.32 Å². The van der Waals surface area contributed by atoms with Gasteiger partial charge in [0.2, 0.25) is 5.91 Å². The summed E-state index contributed by atoms with van der Waals surface area (Å²) >= 11 is 1.86. The molecule has 0 aromatic carbocycles. The first-order valence-electron chi connectivity index (χ1n) is 7.61. The maximum absolute atomic E-state index is 11.5. The van der Waals surface area contributed by atoms with Crippen LogP contribution in [-0.2, 0) is 9.53 Å². The second-order valence-corrected chi connectivity index (χ2v) is 6.06. The van der Waals surface area contributed by atoms with Crippen LogP contribution in [0.4, 0.5) is 0 Å². The van der Waals surface area contributed by atoms with Gasteiger partial charge >= 0.3 is 0 Å². The predicted octanol–water partition coefficient (Wildman–Crippen LogP) is 3.37. The Kier molecular flexibility index (Phi) is 12.4. The highest BCUT2D eigenvalue weighted by Gasteiger charge is 2.14. The molecule has 1 rings (SSSR count). The van der Waals surface area contributed by atoms with Crippen molar-refractivity contribution in [3.05, 3.63) is 23.9 Å². The van der Waals surface area contributed by atoms with Crippen LogP contribution in [-0.4, -0.2) is 42.8 Å². The van der Waals surface area contributed by atoms with E-state index in [0.29, 0.717) is 11.7 Å². The molecule has 0 spiro atoms. The number of amides is 1. The van der Waals surface area contributed by atoms with Crippen LogP contribution >= 0.6 is 11.9 Å². The van der Waals surface area contributed by atoms with Crippen LogP contribution in [0.15, 0.2) is 23.9 Å². The summed E-state index contributed by atoms with van der Waals surface area (Å²) in [6, 6.07) is 0. The highest BCUT2D eigenvalue weighted by atomic mass is 32.2. The van der Waals surface area contributed by atoms with Crippen molar-refractivity contribution in [3.8, 4) is 0 Å². The lowest BCUT2D eigenvalue weighted by atomic mass is 10.1. The molecule has 1 aliphatic carbocycles. The lowest BCUT2D eigenvalue weighted by molar-refractivity contribution is -0.120. The molecule has 1 N–H and O–H groups in total. The number of hydrogen-bond acceptors (Lipinski definition) is 4. The van der Waals surface area contributed by atoms with E-state index in [1.807, 2.05) is 24.9 Å². The standard InChI is InChI=1S/C14H24N2OS.C2H6O/c1-4-8-14(17)15-12-9-7-10-13(11-12)18-16(5-2)6-3;1-3-2/h7,9,11,13H,4-6,8,10H2,1-3H3,(H,15,17);1-2H3. The van der Waals surface area contributed by atoms with Gasteiger partial charge in [0.15, 0.2) is 0 Å². The summed E-state index contributed by atoms with van der Waals surface area (Å²) < 4.78 is 6.59. The van der Waals surface area contributed by atoms with Gasteiger partial charge in [-0.2, -0.15) is 0 Å². The summed E-state index contributed by atoms with van der Waals surface area (Å²) in [5.41, 5.74) is 0.948. The van der Waals surface area contributed by atoms with E-state index in [1.165, 1.54) is 0 Å². The second kappa shape index (κ2) is 12.9. The van der Waals surface area contributed by atoms with Crippen molar-refractivity contribution < 1.29 is 9.53 Å². The molecule has 0 saturated carbocycles. The maximum atomic E-state index is 11.5. The normalized spacial score (nSPS) is 17.0. The number of rotatable bonds is 7. The van der Waals surface area contributed by atoms with Crippen LogP contribution in [0.25, 0.3) is 0 Å². The van der Waals surface area contributed by atoms with E-state index in [1.54, 1.807) is 14.2 Å². The van der Waals surface area contributed by atoms with E-state index in [-0.39, 0.29) is 5.91 Å². The SMILES string of the molecule is CCCC(=O)NC1=CC(SN(CC)CC)CC=C1.COC. The summed E-state index contributed by atoms with van der Waals surface area (Å²) in [7, 11) is 3.25. The fourth-order valence-corrected chi connectivity index (χ4v) is 2.91. The van der Waals surface area contributed by atoms with Gasteiger partial charge in [-0.1, -0.05) is 38.8 Å². The number of carbonyl (C=O) groups is 1. The van der Waals surface area contributed by atoms with Gasteiger partial charge in [0.05, 0.1) is 0 Å². The van der Waals surface area contributed by atoms with Gasteiger partial charge in [-0.05, 0) is 25.0 Å². The first kappa shape index (κ1) is 20.2. The molecule has 0 aliphatic heterocycles. The Morgan fingerprint density at radius 2 is 2.00 bits per heavy atom. The summed E-state index contributed by atoms with van der Waals surface area (Å²) in [5, 5.41) is 3.40. The molecule has 0 bridgehead atoms. The fourth-order valence-electron chi connectivity index (χ4n) is 1.82. The van der Waals surface area contributed by atoms with Gasteiger partial charge in [-0.15, -0.1) is 0 Å². The fraction of sp³-hybridized carbons (Fsp3) is 0.688. The van der Waals surface area contributed by atoms with E-state index >= 15 is 0 Å². The minimum Gasteiger partial charge on any atom is -0.388 e. The van der Waals surface area contributed by atoms with E-state index in [4.69, 9.17) is 0 Å². The number of allylic oxidation sites excluding steroid dienone is 2. The number of ether oxygens (including phenoxy) is 1. The summed E-state index contributed by atoms with van der Waals surface area (Å²) in [4.78, 5) is 11.5. The minimum absolute atomic E-state index is 0.113. The second-order valence-electron chi connectivity index (χ2n) is 4.72. The summed E-state index contributed by atoms with van der Waals surface area (Å²) in [5.74, 6) is 0.113. The maximum Gasteiger partial charge on any atom is 0.224 e. The third kappa shape index (κ3) is 9.72. The first-order valence-corrected chi connectivity index (χ1v) is 8.44. The average molecular weight is 314 g/mol. The quantitative estimate of drug-likeness (QED) is 0.732. The van der Waals surface area contributed by atoms with E-state index < -0.39 is 0 Å². The Bertz CT molecular complexity index is 339. The van der Waals surface area contributed by atoms with Crippen molar-refractivity contribution in [2.75, 3.05) is 27.3 Å². The lowest BCUT2D eigenvalue weighted by Crippen LogP contribution is -2.25. The molecular formula is C16H30N2O2S. The number of carbonyl (C=O) groups excluding carboxylic acids is 1. The molecule has 1 atom stereocenters. The Morgan fingerprint density at radius 3 is 2.52 bits per heavy atom. The van der Waals surface area contributed by atoms with Crippen LogP contribution in [0.2, 0.25) is 0 Å². The molecule has 0 aromatic heterocycles. The van der Waals surface area contributed by atoms with Crippen LogP contribution in [0, 0.1) is 0 Å². The topological polar surface area (TPSA) is 41.6 Å². The molecule has 1 aliphatic rings. The number of nitrogens with one attached hydrogen (secondary N) is 1. The van der Waals surface area contributed by atoms with Gasteiger partial charge in [-0.3, -0.25) is 9.10 Å². The molecular weight excluding hydrogens is 284 g/mol. The van der Waals surface area contributed by atoms with Gasteiger partial charge < -0.3 is 10.1 Å². The van der Waals surface area contributed by atoms with Crippen molar-refractivity contribution in [1.29, 1.82) is 0 Å². The molecule has 1 unspecified atom stereocenters. The Labute approximate surface area is 134 Å². The largest absolute Gasteiger partial charge is 0.388 e. The zero-order chi connectivity index (χ0) is 16.1. The monoisotopic (exact) mass is 314 g/mol. The Balaban J connectivity index is 0.00000122. The number of nitrogens with zero attached hydrogens (tertiary/aromatic N) is 1. The van der Waals surface area contributed by atoms with Crippen molar-refractivity contribution in [2.45, 2.75) is 45.3 Å². The molecule has 0 heterocycles.